The monoisotopic (exact) mass is 453 g/mol. The van der Waals surface area contributed by atoms with Crippen molar-refractivity contribution in [3.63, 3.8) is 0 Å². The first-order valence-electron chi connectivity index (χ1n) is 11.7. The predicted octanol–water partition coefficient (Wildman–Crippen LogP) is 5.89. The third-order valence-electron chi connectivity index (χ3n) is 6.72. The van der Waals surface area contributed by atoms with Crippen LogP contribution in [0.15, 0.2) is 79.0 Å². The largest absolute Gasteiger partial charge is 0.339 e. The predicted molar refractivity (Wildman–Crippen MR) is 136 cm³/mol. The molecule has 1 aliphatic rings. The summed E-state index contributed by atoms with van der Waals surface area (Å²) >= 11 is 0. The van der Waals surface area contributed by atoms with Crippen LogP contribution < -0.4 is 5.73 Å². The average molecular weight is 454 g/mol. The Kier molecular flexibility index (Phi) is 6.28. The van der Waals surface area contributed by atoms with Gasteiger partial charge in [-0.1, -0.05) is 60.7 Å². The molecule has 1 amide bonds. The number of benzene rings is 3. The topological polar surface area (TPSA) is 51.3 Å². The number of rotatable bonds is 5. The summed E-state index contributed by atoms with van der Waals surface area (Å²) in [6.07, 6.45) is 7.43. The number of nitrogens with two attached hydrogens (primary N) is 1. The van der Waals surface area contributed by atoms with Gasteiger partial charge in [-0.3, -0.25) is 4.79 Å². The molecule has 5 rings (SSSR count). The zero-order chi connectivity index (χ0) is 23.5. The summed E-state index contributed by atoms with van der Waals surface area (Å²) in [4.78, 5) is 15.4. The van der Waals surface area contributed by atoms with Gasteiger partial charge < -0.3 is 15.2 Å². The number of carbonyl (C=O) groups is 1. The van der Waals surface area contributed by atoms with Gasteiger partial charge in [0.25, 0.3) is 5.91 Å². The fourth-order valence-electron chi connectivity index (χ4n) is 4.83. The van der Waals surface area contributed by atoms with Crippen molar-refractivity contribution in [2.45, 2.75) is 25.3 Å². The van der Waals surface area contributed by atoms with Gasteiger partial charge >= 0.3 is 0 Å². The normalized spacial score (nSPS) is 14.8. The van der Waals surface area contributed by atoms with Gasteiger partial charge in [0.1, 0.15) is 5.82 Å². The molecule has 0 radical (unpaired) electrons. The van der Waals surface area contributed by atoms with Crippen LogP contribution in [0.4, 0.5) is 4.39 Å². The van der Waals surface area contributed by atoms with Crippen LogP contribution in [0, 0.1) is 5.82 Å². The van der Waals surface area contributed by atoms with Gasteiger partial charge in [0.05, 0.1) is 11.1 Å². The van der Waals surface area contributed by atoms with Crippen LogP contribution in [0.3, 0.4) is 0 Å². The Bertz CT molecular complexity index is 1330. The van der Waals surface area contributed by atoms with E-state index in [4.69, 9.17) is 5.73 Å². The van der Waals surface area contributed by atoms with Gasteiger partial charge in [0.15, 0.2) is 0 Å². The molecule has 0 atom stereocenters. The first-order chi connectivity index (χ1) is 16.6. The maximum Gasteiger partial charge on any atom is 0.256 e. The quantitative estimate of drug-likeness (QED) is 0.410. The number of fused-ring (bicyclic) bond motifs is 1. The fraction of sp³-hybridized carbons (Fsp3) is 0.207. The van der Waals surface area contributed by atoms with Gasteiger partial charge in [0, 0.05) is 37.4 Å². The molecule has 1 aromatic heterocycles. The number of hydrogen-bond acceptors (Lipinski definition) is 2. The zero-order valence-electron chi connectivity index (χ0n) is 19.0. The van der Waals surface area contributed by atoms with E-state index in [9.17, 15) is 9.18 Å². The van der Waals surface area contributed by atoms with Crippen LogP contribution in [0.25, 0.3) is 23.2 Å². The molecule has 3 aromatic carbocycles. The van der Waals surface area contributed by atoms with Gasteiger partial charge in [-0.2, -0.15) is 0 Å². The number of para-hydroxylation sites is 1. The highest BCUT2D eigenvalue weighted by molar-refractivity contribution is 6.07. The molecule has 1 aliphatic heterocycles. The lowest BCUT2D eigenvalue weighted by Gasteiger charge is -2.32. The van der Waals surface area contributed by atoms with E-state index < -0.39 is 0 Å². The number of carbonyl (C=O) groups excluding carboxylic acids is 1. The van der Waals surface area contributed by atoms with Gasteiger partial charge in [-0.15, -0.1) is 0 Å². The highest BCUT2D eigenvalue weighted by atomic mass is 19.1. The molecular weight excluding hydrogens is 425 g/mol. The second-order valence-corrected chi connectivity index (χ2v) is 8.82. The molecule has 0 saturated carbocycles. The summed E-state index contributed by atoms with van der Waals surface area (Å²) < 4.78 is 16.5. The number of hydrogen-bond donors (Lipinski definition) is 1. The van der Waals surface area contributed by atoms with Crippen molar-refractivity contribution in [2.75, 3.05) is 13.1 Å². The van der Waals surface area contributed by atoms with Crippen molar-refractivity contribution in [1.29, 1.82) is 0 Å². The maximum absolute atomic E-state index is 14.5. The molecule has 1 saturated heterocycles. The van der Waals surface area contributed by atoms with Crippen molar-refractivity contribution in [1.82, 2.24) is 9.47 Å². The number of likely N-dealkylation sites (tertiary alicyclic amines) is 1. The second kappa shape index (κ2) is 9.65. The van der Waals surface area contributed by atoms with Crippen molar-refractivity contribution < 1.29 is 9.18 Å². The molecule has 5 heteroatoms. The highest BCUT2D eigenvalue weighted by Crippen LogP contribution is 2.32. The third kappa shape index (κ3) is 4.39. The molecule has 0 bridgehead atoms. The van der Waals surface area contributed by atoms with Crippen LogP contribution in [0.1, 0.15) is 45.8 Å². The Balaban J connectivity index is 1.36. The Morgan fingerprint density at radius 2 is 1.74 bits per heavy atom. The van der Waals surface area contributed by atoms with Crippen molar-refractivity contribution in [2.24, 2.45) is 5.73 Å². The van der Waals surface area contributed by atoms with E-state index in [-0.39, 0.29) is 17.6 Å². The minimum absolute atomic E-state index is 0.0256. The Morgan fingerprint density at radius 3 is 2.50 bits per heavy atom. The van der Waals surface area contributed by atoms with E-state index in [0.29, 0.717) is 25.2 Å². The van der Waals surface area contributed by atoms with E-state index in [0.717, 1.165) is 40.4 Å². The van der Waals surface area contributed by atoms with Gasteiger partial charge in [-0.05, 0) is 53.7 Å². The summed E-state index contributed by atoms with van der Waals surface area (Å²) in [5, 5.41) is 0.939. The van der Waals surface area contributed by atoms with Crippen molar-refractivity contribution in [3.05, 3.63) is 107 Å². The lowest BCUT2D eigenvalue weighted by Crippen LogP contribution is -2.38. The van der Waals surface area contributed by atoms with Crippen LogP contribution in [-0.4, -0.2) is 28.5 Å². The molecule has 0 unspecified atom stereocenters. The fourth-order valence-corrected chi connectivity index (χ4v) is 4.83. The van der Waals surface area contributed by atoms with E-state index in [1.165, 1.54) is 6.07 Å². The second-order valence-electron chi connectivity index (χ2n) is 8.82. The summed E-state index contributed by atoms with van der Waals surface area (Å²) in [6.45, 7) is 1.61. The standard InChI is InChI=1S/C29H28FN3O/c30-27-11-10-22(19-31)18-25(27)23-13-16-32(17-14-23)29(34)26-20-33(28-9-5-4-8-24(26)28)15-12-21-6-2-1-3-7-21/h1-12,15,18,20,23H,13-14,16-17,19,31H2. The summed E-state index contributed by atoms with van der Waals surface area (Å²) in [6, 6.07) is 23.2. The number of nitrogens with zero attached hydrogens (tertiary/aromatic N) is 2. The first kappa shape index (κ1) is 22.1. The molecular formula is C29H28FN3O. The molecule has 2 heterocycles. The summed E-state index contributed by atoms with van der Waals surface area (Å²) in [7, 11) is 0. The minimum Gasteiger partial charge on any atom is -0.339 e. The summed E-state index contributed by atoms with van der Waals surface area (Å²) in [5.74, 6) is -0.0568. The maximum atomic E-state index is 14.5. The van der Waals surface area contributed by atoms with Crippen molar-refractivity contribution in [3.8, 4) is 0 Å². The lowest BCUT2D eigenvalue weighted by atomic mass is 9.88. The third-order valence-corrected chi connectivity index (χ3v) is 6.72. The van der Waals surface area contributed by atoms with Crippen LogP contribution in [0.5, 0.6) is 0 Å². The van der Waals surface area contributed by atoms with Crippen LogP contribution in [-0.2, 0) is 6.54 Å². The van der Waals surface area contributed by atoms with Gasteiger partial charge in [0.2, 0.25) is 0 Å². The molecule has 0 aliphatic carbocycles. The smallest absolute Gasteiger partial charge is 0.256 e. The minimum atomic E-state index is -0.185. The Labute approximate surface area is 199 Å². The molecule has 1 fully saturated rings. The van der Waals surface area contributed by atoms with Crippen molar-refractivity contribution >= 4 is 29.1 Å². The zero-order valence-corrected chi connectivity index (χ0v) is 19.0. The number of piperidine rings is 1. The SMILES string of the molecule is NCc1ccc(F)c(C2CCN(C(=O)c3cn(C=Cc4ccccc4)c4ccccc34)CC2)c1. The molecule has 34 heavy (non-hydrogen) atoms. The van der Waals surface area contributed by atoms with E-state index in [1.54, 1.807) is 6.07 Å². The molecule has 4 aromatic rings. The summed E-state index contributed by atoms with van der Waals surface area (Å²) in [5.41, 5.74) is 10.2. The highest BCUT2D eigenvalue weighted by Gasteiger charge is 2.27. The number of halogens is 1. The van der Waals surface area contributed by atoms with Gasteiger partial charge in [-0.25, -0.2) is 4.39 Å². The molecule has 0 spiro atoms. The molecule has 2 N–H and O–H groups in total. The van der Waals surface area contributed by atoms with Crippen LogP contribution in [0.2, 0.25) is 0 Å². The Morgan fingerprint density at radius 1 is 1.00 bits per heavy atom. The molecule has 4 nitrogen and oxygen atoms in total. The molecule has 172 valence electrons. The number of aromatic nitrogens is 1. The number of amides is 1. The van der Waals surface area contributed by atoms with E-state index in [2.05, 4.69) is 0 Å². The lowest BCUT2D eigenvalue weighted by molar-refractivity contribution is 0.0714. The van der Waals surface area contributed by atoms with E-state index in [1.807, 2.05) is 88.6 Å². The van der Waals surface area contributed by atoms with E-state index >= 15 is 0 Å². The Hall–Kier alpha value is -3.70. The average Bonchev–Trinajstić information content (AvgIpc) is 3.27. The first-order valence-corrected chi connectivity index (χ1v) is 11.7. The van der Waals surface area contributed by atoms with Crippen LogP contribution >= 0.6 is 0 Å².